The number of halogens is 45. The highest BCUT2D eigenvalue weighted by Crippen LogP contribution is 2.62. The number of benzene rings is 15. The second-order valence-electron chi connectivity index (χ2n) is 31.5. The van der Waals surface area contributed by atoms with Crippen molar-refractivity contribution in [2.75, 3.05) is 0 Å². The van der Waals surface area contributed by atoms with Gasteiger partial charge in [-0.25, -0.2) is 198 Å². The highest BCUT2D eigenvalue weighted by atomic mass is 19.2. The zero-order valence-electron chi connectivity index (χ0n) is 71.8. The van der Waals surface area contributed by atoms with Crippen LogP contribution in [0.1, 0.15) is 33.4 Å². The Kier molecular flexibility index (Phi) is 27.2. The molecule has 768 valence electrons. The third-order valence-electron chi connectivity index (χ3n) is 23.4. The molecule has 52 heteroatoms. The first kappa shape index (κ1) is 106. The lowest BCUT2D eigenvalue weighted by Gasteiger charge is -2.30. The molecule has 0 aliphatic heterocycles. The van der Waals surface area contributed by atoms with Crippen LogP contribution in [0.2, 0.25) is 0 Å². The molecule has 0 bridgehead atoms. The molecule has 0 spiro atoms. The number of aryl methyl sites for hydroxylation is 3. The lowest BCUT2D eigenvalue weighted by molar-refractivity contribution is 0.308. The van der Waals surface area contributed by atoms with E-state index >= 15 is 198 Å². The second-order valence-corrected chi connectivity index (χ2v) is 31.5. The van der Waals surface area contributed by atoms with Crippen LogP contribution in [-0.2, 0) is 0 Å². The highest BCUT2D eigenvalue weighted by molar-refractivity contribution is 6.40. The predicted molar refractivity (Wildman–Crippen MR) is 424 cm³/mol. The summed E-state index contributed by atoms with van der Waals surface area (Å²) in [4.78, 5) is 0. The van der Waals surface area contributed by atoms with Crippen molar-refractivity contribution in [1.29, 1.82) is 0 Å². The lowest BCUT2D eigenvalue weighted by atomic mass is 9.79. The van der Waals surface area contributed by atoms with Crippen LogP contribution < -0.4 is 14.0 Å². The van der Waals surface area contributed by atoms with Crippen molar-refractivity contribution in [3.63, 3.8) is 0 Å². The highest BCUT2D eigenvalue weighted by Gasteiger charge is 2.49. The molecule has 0 radical (unpaired) electrons. The van der Waals surface area contributed by atoms with Crippen LogP contribution in [0.3, 0.4) is 0 Å². The Labute approximate surface area is 791 Å². The fourth-order valence-electron chi connectivity index (χ4n) is 16.4. The maximum Gasteiger partial charge on any atom is 0.864 e. The number of phenols is 3. The number of phenolic OH excluding ortho intramolecular Hbond substituents is 3. The monoisotopic (exact) mass is 2140 g/mol. The van der Waals surface area contributed by atoms with E-state index in [1.807, 2.05) is 0 Å². The molecule has 0 aromatic heterocycles. The smallest absolute Gasteiger partial charge is 0.507 e. The maximum atomic E-state index is 18.2. The SMILES string of the molecule is Cc1ccc(-c2c(-c3c(F)c(F)c(F)c(F)c3F)cc(OB(Oc3cc(-c4c(F)c(F)c(F)c(F)c4F)c(-c4ccc(C)c(O)c4C)c(-c4c(F)c(F)c(F)c(F)c4F)c3-c3c(F)c(F)c(F)c(F)c3F)Oc3cc(-c4c(F)c(F)c(F)c(F)c4F)c(-c4ccc(C)c(O)c4C)c(-c4c(F)c(F)c(F)c(F)c4F)c3-c3c(F)c(F)c(F)c(F)c3F)c(-c3c(F)c(F)c(F)c(F)c3F)c2-c2c(F)c(F)c(F)c(F)c2F)c(C)c1O. The maximum absolute atomic E-state index is 18.2. The molecule has 0 fully saturated rings. The molecule has 0 atom stereocenters. The summed E-state index contributed by atoms with van der Waals surface area (Å²) in [5.74, 6) is -182. The van der Waals surface area contributed by atoms with Crippen LogP contribution in [-0.4, -0.2) is 22.6 Å². The van der Waals surface area contributed by atoms with E-state index in [1.54, 1.807) is 0 Å². The second kappa shape index (κ2) is 37.8. The van der Waals surface area contributed by atoms with Gasteiger partial charge in [0.2, 0.25) is 52.4 Å². The van der Waals surface area contributed by atoms with E-state index in [4.69, 9.17) is 14.0 Å². The van der Waals surface area contributed by atoms with Crippen LogP contribution in [0.25, 0.3) is 134 Å². The molecule has 6 nitrogen and oxygen atoms in total. The van der Waals surface area contributed by atoms with Gasteiger partial charge in [0, 0.05) is 33.4 Å². The van der Waals surface area contributed by atoms with Crippen LogP contribution in [0.5, 0.6) is 34.5 Å². The molecule has 0 saturated heterocycles. The average Bonchev–Trinajstić information content (AvgIpc) is 0.711. The number of rotatable bonds is 18. The summed E-state index contributed by atoms with van der Waals surface area (Å²) < 4.78 is 784. The van der Waals surface area contributed by atoms with Gasteiger partial charge in [-0.2, -0.15) is 0 Å². The third kappa shape index (κ3) is 15.7. The molecule has 0 saturated carbocycles. The van der Waals surface area contributed by atoms with E-state index in [1.165, 1.54) is 0 Å². The summed E-state index contributed by atoms with van der Waals surface area (Å²) in [6.45, 7) is 3.23. The van der Waals surface area contributed by atoms with Gasteiger partial charge in [0.1, 0.15) is 34.5 Å². The zero-order valence-corrected chi connectivity index (χ0v) is 71.8. The summed E-state index contributed by atoms with van der Waals surface area (Å²) in [6.07, 6.45) is 0. The van der Waals surface area contributed by atoms with Crippen LogP contribution in [0.4, 0.5) is 198 Å². The first-order valence-electron chi connectivity index (χ1n) is 39.7. The molecule has 3 N–H and O–H groups in total. The first-order valence-corrected chi connectivity index (χ1v) is 39.7. The standard InChI is InChI=1S/C96H30BF45O6/c1-16-7-10-22(19(4)94(16)143)31-25(34-49(98)67(116)85(134)68(117)50(34)99)13-28(37(43-55(104)73(122)88(137)74(123)56(43)105)40(31)46-61(110)79(128)91(140)80(129)62(46)111)146-97(147-29-14-26(35-51(100)69(118)86(135)70(119)52(35)101)32(23-11-8-17(2)95(144)20(23)5)41(47-63(112)81(130)92(141)82(131)64(47)113)38(29)44-57(106)75(124)89(138)76(125)58(44)107)148-30-15-27(36-53(102)71(120)87(136)72(121)54(36)103)33(24-12-9-18(3)96(145)21(24)6)42(48-65(114)83(132)93(142)84(133)66(48)115)39(30)45-59(108)77(126)90(139)78(127)60(45)109/h7-15,143-145H,1-6H3. The molecular formula is C96H30BF45O6. The molecule has 15 rings (SSSR count). The van der Waals surface area contributed by atoms with E-state index in [0.29, 0.717) is 39.0 Å². The molecule has 0 aliphatic carbocycles. The van der Waals surface area contributed by atoms with Gasteiger partial charge in [0.25, 0.3) is 0 Å². The Balaban J connectivity index is 1.35. The Morgan fingerprint density at radius 2 is 0.264 bits per heavy atom. The molecule has 0 aliphatic rings. The van der Waals surface area contributed by atoms with Gasteiger partial charge in [0.15, 0.2) is 209 Å². The largest absolute Gasteiger partial charge is 0.864 e. The summed E-state index contributed by atoms with van der Waals surface area (Å²) in [5.41, 5.74) is -78.2. The van der Waals surface area contributed by atoms with Crippen molar-refractivity contribution in [3.05, 3.63) is 350 Å². The Bertz CT molecular complexity index is 7470. The number of hydrogen-bond donors (Lipinski definition) is 3. The average molecular weight is 2150 g/mol. The Morgan fingerprint density at radius 3 is 0.405 bits per heavy atom. The fraction of sp³-hybridized carbons (Fsp3) is 0.0625. The molecular weight excluding hydrogens is 2110 g/mol. The topological polar surface area (TPSA) is 88.4 Å². The molecule has 0 unspecified atom stereocenters. The van der Waals surface area contributed by atoms with Gasteiger partial charge in [-0.15, -0.1) is 0 Å². The summed E-state index contributed by atoms with van der Waals surface area (Å²) in [5, 5.41) is 34.9. The van der Waals surface area contributed by atoms with Gasteiger partial charge in [-0.1, -0.05) is 36.4 Å². The molecule has 0 amide bonds. The Hall–Kier alpha value is -16.0. The van der Waals surface area contributed by atoms with Crippen molar-refractivity contribution in [3.8, 4) is 168 Å². The van der Waals surface area contributed by atoms with Gasteiger partial charge < -0.3 is 29.3 Å². The first-order chi connectivity index (χ1) is 69.0. The van der Waals surface area contributed by atoms with E-state index in [0.717, 1.165) is 20.8 Å². The zero-order chi connectivity index (χ0) is 110. The van der Waals surface area contributed by atoms with Crippen LogP contribution in [0, 0.1) is 303 Å². The number of hydrogen-bond acceptors (Lipinski definition) is 6. The van der Waals surface area contributed by atoms with Crippen molar-refractivity contribution < 1.29 is 227 Å². The fourth-order valence-corrected chi connectivity index (χ4v) is 16.4. The van der Waals surface area contributed by atoms with E-state index in [2.05, 4.69) is 0 Å². The Morgan fingerprint density at radius 1 is 0.142 bits per heavy atom. The minimum absolute atomic E-state index is 0.102. The molecule has 148 heavy (non-hydrogen) atoms. The van der Waals surface area contributed by atoms with Crippen LogP contribution in [0.15, 0.2) is 54.6 Å². The van der Waals surface area contributed by atoms with Gasteiger partial charge in [0.05, 0.1) is 50.1 Å². The molecule has 0 heterocycles. The minimum Gasteiger partial charge on any atom is -0.507 e. The molecule has 15 aromatic carbocycles. The summed E-state index contributed by atoms with van der Waals surface area (Å²) >= 11 is 0. The molecule has 15 aromatic rings. The van der Waals surface area contributed by atoms with Crippen molar-refractivity contribution in [1.82, 2.24) is 0 Å². The quantitative estimate of drug-likeness (QED) is 0.0343. The lowest BCUT2D eigenvalue weighted by Crippen LogP contribution is -2.38. The van der Waals surface area contributed by atoms with Crippen molar-refractivity contribution >= 4 is 7.32 Å². The van der Waals surface area contributed by atoms with E-state index < -0.39 is 489 Å². The van der Waals surface area contributed by atoms with Crippen LogP contribution >= 0.6 is 0 Å². The van der Waals surface area contributed by atoms with E-state index in [9.17, 15) is 15.3 Å². The van der Waals surface area contributed by atoms with Crippen molar-refractivity contribution in [2.45, 2.75) is 41.5 Å². The predicted octanol–water partition coefficient (Wildman–Crippen LogP) is 31.4. The van der Waals surface area contributed by atoms with Gasteiger partial charge in [-0.3, -0.25) is 0 Å². The summed E-state index contributed by atoms with van der Waals surface area (Å²) in [6, 6.07) is -2.09. The number of aromatic hydroxyl groups is 3. The normalized spacial score (nSPS) is 11.7. The van der Waals surface area contributed by atoms with E-state index in [-0.39, 0.29) is 18.2 Å². The van der Waals surface area contributed by atoms with Gasteiger partial charge >= 0.3 is 7.32 Å². The minimum atomic E-state index is -5.70. The van der Waals surface area contributed by atoms with Gasteiger partial charge in [-0.05, 0) is 143 Å². The van der Waals surface area contributed by atoms with Crippen molar-refractivity contribution in [2.24, 2.45) is 0 Å². The third-order valence-corrected chi connectivity index (χ3v) is 23.4. The summed E-state index contributed by atoms with van der Waals surface area (Å²) in [7, 11) is -5.70.